The van der Waals surface area contributed by atoms with E-state index in [1.165, 1.54) is 12.1 Å². The van der Waals surface area contributed by atoms with Crippen molar-refractivity contribution in [2.75, 3.05) is 13.2 Å². The van der Waals surface area contributed by atoms with Crippen molar-refractivity contribution in [1.29, 1.82) is 0 Å². The summed E-state index contributed by atoms with van der Waals surface area (Å²) in [7, 11) is 0. The molecule has 0 radical (unpaired) electrons. The van der Waals surface area contributed by atoms with E-state index >= 15 is 0 Å². The van der Waals surface area contributed by atoms with Crippen LogP contribution in [0.5, 0.6) is 11.5 Å². The standard InChI is InChI=1S/C17H23AsO8/c1-3-7-23-16(21)25-13-6-5-11(9-12(18)15(19)20)10-14(13)26-17(22)24-8-4-2/h5-6,10,12H,3-4,7-9,18H2,1-2H3,(H,19,20)/t12-/m0/s1. The molecule has 0 amide bonds. The van der Waals surface area contributed by atoms with E-state index in [9.17, 15) is 14.4 Å². The zero-order chi connectivity index (χ0) is 19.5. The molecule has 0 aromatic heterocycles. The van der Waals surface area contributed by atoms with Gasteiger partial charge in [-0.25, -0.2) is 0 Å². The van der Waals surface area contributed by atoms with Gasteiger partial charge in [0.05, 0.1) is 0 Å². The summed E-state index contributed by atoms with van der Waals surface area (Å²) in [5.74, 6) is -0.975. The first kappa shape index (κ1) is 21.8. The molecule has 2 atom stereocenters. The molecule has 1 rings (SSSR count). The van der Waals surface area contributed by atoms with Crippen LogP contribution in [-0.4, -0.2) is 53.5 Å². The Balaban J connectivity index is 2.96. The number of rotatable bonds is 9. The molecule has 0 bridgehead atoms. The average molecular weight is 430 g/mol. The first-order chi connectivity index (χ1) is 12.4. The predicted octanol–water partition coefficient (Wildman–Crippen LogP) is 2.59. The molecule has 0 aliphatic rings. The number of carbonyl (C=O) groups excluding carboxylic acids is 2. The average Bonchev–Trinajstić information content (AvgIpc) is 2.60. The molecule has 0 aliphatic heterocycles. The molecular formula is C17H23AsO8. The van der Waals surface area contributed by atoms with E-state index in [0.29, 0.717) is 18.4 Å². The normalized spacial score (nSPS) is 11.3. The van der Waals surface area contributed by atoms with Gasteiger partial charge in [-0.1, -0.05) is 0 Å². The van der Waals surface area contributed by atoms with Crippen LogP contribution >= 0.6 is 0 Å². The first-order valence-electron chi connectivity index (χ1n) is 8.17. The number of carboxylic acid groups (broad SMARTS) is 1. The second-order valence-electron chi connectivity index (χ2n) is 5.33. The minimum atomic E-state index is -0.939. The van der Waals surface area contributed by atoms with Gasteiger partial charge in [0.2, 0.25) is 0 Å². The van der Waals surface area contributed by atoms with E-state index in [0.717, 1.165) is 16.9 Å². The summed E-state index contributed by atoms with van der Waals surface area (Å²) in [5, 5.41) is 9.04. The van der Waals surface area contributed by atoms with Gasteiger partial charge in [0.25, 0.3) is 0 Å². The number of aliphatic carboxylic acids is 1. The van der Waals surface area contributed by atoms with Crippen LogP contribution < -0.4 is 9.47 Å². The fourth-order valence-electron chi connectivity index (χ4n) is 1.79. The molecular weight excluding hydrogens is 407 g/mol. The predicted molar refractivity (Wildman–Crippen MR) is 94.6 cm³/mol. The molecule has 26 heavy (non-hydrogen) atoms. The van der Waals surface area contributed by atoms with Gasteiger partial charge in [0.1, 0.15) is 0 Å². The topological polar surface area (TPSA) is 108 Å². The number of benzene rings is 1. The molecule has 0 aliphatic carbocycles. The van der Waals surface area contributed by atoms with Crippen molar-refractivity contribution in [1.82, 2.24) is 0 Å². The maximum absolute atomic E-state index is 11.7. The summed E-state index contributed by atoms with van der Waals surface area (Å²) in [4.78, 5) is 34.4. The number of hydrogen-bond acceptors (Lipinski definition) is 7. The number of ether oxygens (including phenoxy) is 4. The van der Waals surface area contributed by atoms with Crippen LogP contribution in [0.2, 0.25) is 4.71 Å². The van der Waals surface area contributed by atoms with Crippen molar-refractivity contribution in [3.63, 3.8) is 0 Å². The molecule has 9 heteroatoms. The van der Waals surface area contributed by atoms with Crippen molar-refractivity contribution in [3.8, 4) is 11.5 Å². The number of carbonyl (C=O) groups is 3. The van der Waals surface area contributed by atoms with E-state index in [2.05, 4.69) is 0 Å². The van der Waals surface area contributed by atoms with Crippen LogP contribution in [-0.2, 0) is 20.7 Å². The molecule has 0 fully saturated rings. The van der Waals surface area contributed by atoms with E-state index < -0.39 is 23.0 Å². The Morgan fingerprint density at radius 1 is 1.00 bits per heavy atom. The van der Waals surface area contributed by atoms with E-state index in [-0.39, 0.29) is 31.1 Å². The Bertz CT molecular complexity index is 631. The van der Waals surface area contributed by atoms with Crippen LogP contribution in [0, 0.1) is 0 Å². The third-order valence-corrected chi connectivity index (χ3v) is 4.11. The summed E-state index contributed by atoms with van der Waals surface area (Å²) in [6, 6.07) is 4.47. The van der Waals surface area contributed by atoms with Gasteiger partial charge < -0.3 is 0 Å². The number of carboxylic acids is 1. The van der Waals surface area contributed by atoms with E-state index in [1.54, 1.807) is 6.07 Å². The fourth-order valence-corrected chi connectivity index (χ4v) is 2.37. The molecule has 0 saturated carbocycles. The van der Waals surface area contributed by atoms with Gasteiger partial charge in [0, 0.05) is 0 Å². The third-order valence-electron chi connectivity index (χ3n) is 3.02. The van der Waals surface area contributed by atoms with Gasteiger partial charge >= 0.3 is 160 Å². The van der Waals surface area contributed by atoms with Crippen LogP contribution in [0.1, 0.15) is 32.3 Å². The van der Waals surface area contributed by atoms with Gasteiger partial charge in [-0.15, -0.1) is 0 Å². The molecule has 1 aromatic carbocycles. The molecule has 8 nitrogen and oxygen atoms in total. The Kier molecular flexibility index (Phi) is 9.58. The summed E-state index contributed by atoms with van der Waals surface area (Å²) in [6.07, 6.45) is -0.355. The molecule has 144 valence electrons. The van der Waals surface area contributed by atoms with Crippen LogP contribution in [0.3, 0.4) is 0 Å². The second kappa shape index (κ2) is 11.4. The first-order valence-corrected chi connectivity index (χ1v) is 9.57. The summed E-state index contributed by atoms with van der Waals surface area (Å²) in [5.41, 5.74) is 0.620. The van der Waals surface area contributed by atoms with Crippen molar-refractivity contribution in [2.45, 2.75) is 37.8 Å². The van der Waals surface area contributed by atoms with Gasteiger partial charge in [0.15, 0.2) is 0 Å². The zero-order valence-electron chi connectivity index (χ0n) is 14.7. The second-order valence-corrected chi connectivity index (χ2v) is 7.02. The molecule has 0 heterocycles. The number of hydrogen-bond donors (Lipinski definition) is 1. The van der Waals surface area contributed by atoms with Crippen LogP contribution in [0.4, 0.5) is 9.59 Å². The summed E-state index contributed by atoms with van der Waals surface area (Å²) >= 11 is 1.07. The summed E-state index contributed by atoms with van der Waals surface area (Å²) in [6.45, 7) is 4.06. The van der Waals surface area contributed by atoms with Crippen molar-refractivity contribution >= 4 is 35.1 Å². The minimum absolute atomic E-state index is 0.0169. The molecule has 1 aromatic rings. The Labute approximate surface area is 160 Å². The van der Waals surface area contributed by atoms with Crippen molar-refractivity contribution < 1.29 is 38.4 Å². The van der Waals surface area contributed by atoms with Crippen LogP contribution in [0.15, 0.2) is 18.2 Å². The Morgan fingerprint density at radius 3 is 2.04 bits per heavy atom. The maximum atomic E-state index is 11.7. The Hall–Kier alpha value is -2.21. The summed E-state index contributed by atoms with van der Waals surface area (Å²) < 4.78 is 19.3. The molecule has 0 saturated heterocycles. The van der Waals surface area contributed by atoms with Crippen molar-refractivity contribution in [3.05, 3.63) is 23.8 Å². The molecule has 1 N–H and O–H groups in total. The van der Waals surface area contributed by atoms with Gasteiger partial charge in [-0.3, -0.25) is 0 Å². The SMILES string of the molecule is CCCOC(=O)Oc1ccc(C[C@H]([AsH2])C(=O)O)cc1OC(=O)OCCC. The zero-order valence-corrected chi connectivity index (χ0v) is 17.1. The fraction of sp³-hybridized carbons (Fsp3) is 0.471. The molecule has 1 unspecified atom stereocenters. The van der Waals surface area contributed by atoms with Crippen LogP contribution in [0.25, 0.3) is 0 Å². The molecule has 0 spiro atoms. The quantitative estimate of drug-likeness (QED) is 0.362. The third kappa shape index (κ3) is 7.78. The van der Waals surface area contributed by atoms with Crippen molar-refractivity contribution in [2.24, 2.45) is 0 Å². The van der Waals surface area contributed by atoms with E-state index in [1.807, 2.05) is 13.8 Å². The van der Waals surface area contributed by atoms with Gasteiger partial charge in [-0.2, -0.15) is 0 Å². The van der Waals surface area contributed by atoms with Gasteiger partial charge in [-0.05, 0) is 0 Å². The monoisotopic (exact) mass is 430 g/mol. The van der Waals surface area contributed by atoms with E-state index in [4.69, 9.17) is 24.1 Å². The Morgan fingerprint density at radius 2 is 1.54 bits per heavy atom.